The van der Waals surface area contributed by atoms with Crippen LogP contribution in [-0.4, -0.2) is 11.1 Å². The van der Waals surface area contributed by atoms with Crippen LogP contribution in [0.25, 0.3) is 10.9 Å². The first-order chi connectivity index (χ1) is 10.2. The summed E-state index contributed by atoms with van der Waals surface area (Å²) < 4.78 is 15.4. The third-order valence-corrected chi connectivity index (χ3v) is 3.94. The predicted molar refractivity (Wildman–Crippen MR) is 85.2 cm³/mol. The van der Waals surface area contributed by atoms with Crippen molar-refractivity contribution in [2.24, 2.45) is 5.73 Å². The molecule has 0 fully saturated rings. The zero-order chi connectivity index (χ0) is 14.8. The Morgan fingerprint density at radius 1 is 1.14 bits per heavy atom. The number of halogens is 2. The van der Waals surface area contributed by atoms with Gasteiger partial charge < -0.3 is 10.3 Å². The number of hydrogen-bond acceptors (Lipinski definition) is 1. The summed E-state index contributed by atoms with van der Waals surface area (Å²) in [5.41, 5.74) is 9.04. The van der Waals surface area contributed by atoms with Gasteiger partial charge in [-0.3, -0.25) is 0 Å². The minimum Gasteiger partial charge on any atom is -0.343 e. The lowest BCUT2D eigenvalue weighted by molar-refractivity contribution is 0.627. The van der Waals surface area contributed by atoms with E-state index in [1.165, 1.54) is 17.0 Å². The molecule has 21 heavy (non-hydrogen) atoms. The molecule has 0 spiro atoms. The normalized spacial score (nSPS) is 11.2. The summed E-state index contributed by atoms with van der Waals surface area (Å²) in [5, 5.41) is 1.38. The van der Waals surface area contributed by atoms with Gasteiger partial charge in [-0.1, -0.05) is 29.8 Å². The molecule has 2 N–H and O–H groups in total. The number of fused-ring (bicyclic) bond motifs is 1. The smallest absolute Gasteiger partial charge is 0.141 e. The minimum atomic E-state index is -0.386. The third-order valence-electron chi connectivity index (χ3n) is 3.65. The highest BCUT2D eigenvalue weighted by molar-refractivity contribution is 6.30. The van der Waals surface area contributed by atoms with E-state index in [9.17, 15) is 4.39 Å². The second-order valence-corrected chi connectivity index (χ2v) is 5.49. The van der Waals surface area contributed by atoms with Gasteiger partial charge in [-0.15, -0.1) is 0 Å². The zero-order valence-electron chi connectivity index (χ0n) is 11.5. The van der Waals surface area contributed by atoms with Gasteiger partial charge in [0, 0.05) is 23.6 Å². The van der Waals surface area contributed by atoms with E-state index in [2.05, 4.69) is 22.8 Å². The van der Waals surface area contributed by atoms with Crippen molar-refractivity contribution >= 4 is 22.5 Å². The van der Waals surface area contributed by atoms with E-state index in [0.29, 0.717) is 13.1 Å². The van der Waals surface area contributed by atoms with Crippen molar-refractivity contribution in [3.05, 3.63) is 70.6 Å². The zero-order valence-corrected chi connectivity index (χ0v) is 12.3. The van der Waals surface area contributed by atoms with Crippen LogP contribution in [0.1, 0.15) is 11.1 Å². The molecule has 1 aromatic heterocycles. The molecule has 0 bridgehead atoms. The highest BCUT2D eigenvalue weighted by Gasteiger charge is 2.07. The van der Waals surface area contributed by atoms with Gasteiger partial charge in [-0.05, 0) is 48.4 Å². The maximum Gasteiger partial charge on any atom is 0.141 e. The van der Waals surface area contributed by atoms with E-state index >= 15 is 0 Å². The summed E-state index contributed by atoms with van der Waals surface area (Å²) in [7, 11) is 0. The monoisotopic (exact) mass is 302 g/mol. The predicted octanol–water partition coefficient (Wildman–Crippen LogP) is 3.98. The first kappa shape index (κ1) is 14.1. The van der Waals surface area contributed by atoms with Crippen LogP contribution in [0.3, 0.4) is 0 Å². The van der Waals surface area contributed by atoms with Crippen LogP contribution in [0, 0.1) is 5.82 Å². The lowest BCUT2D eigenvalue weighted by Gasteiger charge is -2.08. The molecule has 108 valence electrons. The molecule has 2 aromatic carbocycles. The fourth-order valence-electron chi connectivity index (χ4n) is 2.63. The molecule has 0 radical (unpaired) electrons. The fraction of sp³-hybridized carbons (Fsp3) is 0.176. The summed E-state index contributed by atoms with van der Waals surface area (Å²) in [5.74, 6) is -0.386. The summed E-state index contributed by atoms with van der Waals surface area (Å²) in [6.07, 6.45) is 2.91. The highest BCUT2D eigenvalue weighted by atomic mass is 35.5. The Labute approximate surface area is 127 Å². The Hall–Kier alpha value is -1.84. The van der Waals surface area contributed by atoms with Crippen molar-refractivity contribution in [1.82, 2.24) is 4.57 Å². The number of rotatable bonds is 4. The topological polar surface area (TPSA) is 30.9 Å². The van der Waals surface area contributed by atoms with Gasteiger partial charge in [0.1, 0.15) is 5.82 Å². The van der Waals surface area contributed by atoms with Crippen molar-refractivity contribution in [2.45, 2.75) is 13.0 Å². The molecule has 0 saturated heterocycles. The second kappa shape index (κ2) is 5.88. The summed E-state index contributed by atoms with van der Waals surface area (Å²) in [4.78, 5) is 0. The molecule has 4 heteroatoms. The Bertz CT molecular complexity index is 780. The van der Waals surface area contributed by atoms with Crippen molar-refractivity contribution in [1.29, 1.82) is 0 Å². The molecule has 3 rings (SSSR count). The van der Waals surface area contributed by atoms with Crippen LogP contribution in [0.15, 0.2) is 48.7 Å². The van der Waals surface area contributed by atoms with E-state index in [4.69, 9.17) is 17.3 Å². The maximum absolute atomic E-state index is 13.2. The van der Waals surface area contributed by atoms with E-state index < -0.39 is 0 Å². The number of benzene rings is 2. The van der Waals surface area contributed by atoms with E-state index in [0.717, 1.165) is 17.5 Å². The highest BCUT2D eigenvalue weighted by Crippen LogP contribution is 2.23. The average Bonchev–Trinajstić information content (AvgIpc) is 2.88. The molecular formula is C17H16ClFN2. The van der Waals surface area contributed by atoms with Gasteiger partial charge in [0.25, 0.3) is 0 Å². The standard InChI is InChI=1S/C17H16ClFN2/c18-15-10-12(4-5-16(15)19)11-21-9-7-14-13(6-8-20)2-1-3-17(14)21/h1-5,7,9-10H,6,8,11,20H2. The Morgan fingerprint density at radius 3 is 2.76 bits per heavy atom. The molecule has 1 heterocycles. The molecule has 0 aliphatic heterocycles. The van der Waals surface area contributed by atoms with Crippen molar-refractivity contribution in [3.8, 4) is 0 Å². The van der Waals surface area contributed by atoms with E-state index in [1.807, 2.05) is 12.3 Å². The summed E-state index contributed by atoms with van der Waals surface area (Å²) in [6.45, 7) is 1.30. The van der Waals surface area contributed by atoms with Gasteiger partial charge in [0.2, 0.25) is 0 Å². The lowest BCUT2D eigenvalue weighted by atomic mass is 10.1. The van der Waals surface area contributed by atoms with Crippen molar-refractivity contribution < 1.29 is 4.39 Å². The lowest BCUT2D eigenvalue weighted by Crippen LogP contribution is -2.03. The summed E-state index contributed by atoms with van der Waals surface area (Å²) in [6, 6.07) is 13.2. The average molecular weight is 303 g/mol. The molecule has 2 nitrogen and oxygen atoms in total. The van der Waals surface area contributed by atoms with Crippen molar-refractivity contribution in [2.75, 3.05) is 6.54 Å². The van der Waals surface area contributed by atoms with Crippen LogP contribution in [-0.2, 0) is 13.0 Å². The van der Waals surface area contributed by atoms with E-state index in [-0.39, 0.29) is 10.8 Å². The maximum atomic E-state index is 13.2. The van der Waals surface area contributed by atoms with Gasteiger partial charge in [0.15, 0.2) is 0 Å². The molecule has 3 aromatic rings. The van der Waals surface area contributed by atoms with Gasteiger partial charge >= 0.3 is 0 Å². The van der Waals surface area contributed by atoms with Gasteiger partial charge in [-0.2, -0.15) is 0 Å². The fourth-order valence-corrected chi connectivity index (χ4v) is 2.84. The summed E-state index contributed by atoms with van der Waals surface area (Å²) >= 11 is 5.84. The molecule has 0 amide bonds. The SMILES string of the molecule is NCCc1cccc2c1ccn2Cc1ccc(F)c(Cl)c1. The number of aromatic nitrogens is 1. The third kappa shape index (κ3) is 2.80. The first-order valence-corrected chi connectivity index (χ1v) is 7.27. The van der Waals surface area contributed by atoms with Crippen LogP contribution >= 0.6 is 11.6 Å². The van der Waals surface area contributed by atoms with Crippen LogP contribution in [0.5, 0.6) is 0 Å². The Morgan fingerprint density at radius 2 is 2.00 bits per heavy atom. The largest absolute Gasteiger partial charge is 0.343 e. The molecule has 0 atom stereocenters. The molecule has 0 unspecified atom stereocenters. The Kier molecular flexibility index (Phi) is 3.95. The molecule has 0 aliphatic carbocycles. The number of nitrogens with two attached hydrogens (primary N) is 1. The minimum absolute atomic E-state index is 0.160. The first-order valence-electron chi connectivity index (χ1n) is 6.90. The Balaban J connectivity index is 1.97. The quantitative estimate of drug-likeness (QED) is 0.776. The molecule has 0 aliphatic rings. The van der Waals surface area contributed by atoms with Crippen molar-refractivity contribution in [3.63, 3.8) is 0 Å². The molecular weight excluding hydrogens is 287 g/mol. The van der Waals surface area contributed by atoms with Crippen LogP contribution in [0.2, 0.25) is 5.02 Å². The van der Waals surface area contributed by atoms with Crippen LogP contribution in [0.4, 0.5) is 4.39 Å². The van der Waals surface area contributed by atoms with E-state index in [1.54, 1.807) is 12.1 Å². The second-order valence-electron chi connectivity index (χ2n) is 5.08. The number of nitrogens with zero attached hydrogens (tertiary/aromatic N) is 1. The number of hydrogen-bond donors (Lipinski definition) is 1. The van der Waals surface area contributed by atoms with Crippen LogP contribution < -0.4 is 5.73 Å². The van der Waals surface area contributed by atoms with Gasteiger partial charge in [0.05, 0.1) is 5.02 Å². The molecule has 0 saturated carbocycles. The van der Waals surface area contributed by atoms with Gasteiger partial charge in [-0.25, -0.2) is 4.39 Å².